The van der Waals surface area contributed by atoms with Gasteiger partial charge in [-0.05, 0) is 44.5 Å². The maximum Gasteiger partial charge on any atom is 0.410 e. The van der Waals surface area contributed by atoms with Gasteiger partial charge in [0.2, 0.25) is 0 Å². The molecule has 0 unspecified atom stereocenters. The Morgan fingerprint density at radius 3 is 2.52 bits per heavy atom. The van der Waals surface area contributed by atoms with Crippen LogP contribution in [0.2, 0.25) is 0 Å². The molecule has 0 N–H and O–H groups in total. The number of hydrogen-bond acceptors (Lipinski definition) is 4. The first-order valence-corrected chi connectivity index (χ1v) is 8.74. The van der Waals surface area contributed by atoms with E-state index in [9.17, 15) is 4.79 Å². The third-order valence-electron chi connectivity index (χ3n) is 4.16. The second-order valence-corrected chi connectivity index (χ2v) is 7.42. The predicted molar refractivity (Wildman–Crippen MR) is 97.2 cm³/mol. The first-order chi connectivity index (χ1) is 11.9. The summed E-state index contributed by atoms with van der Waals surface area (Å²) >= 11 is 0. The van der Waals surface area contributed by atoms with Crippen LogP contribution in [0.25, 0.3) is 11.3 Å². The fourth-order valence-corrected chi connectivity index (χ4v) is 2.94. The molecule has 0 bridgehead atoms. The molecule has 3 rings (SSSR count). The summed E-state index contributed by atoms with van der Waals surface area (Å²) in [7, 11) is 0. The molecule has 5 nitrogen and oxygen atoms in total. The van der Waals surface area contributed by atoms with Gasteiger partial charge in [0.1, 0.15) is 11.4 Å². The van der Waals surface area contributed by atoms with Crippen molar-refractivity contribution in [2.24, 2.45) is 0 Å². The summed E-state index contributed by atoms with van der Waals surface area (Å²) < 4.78 is 10.9. The third-order valence-corrected chi connectivity index (χ3v) is 4.16. The van der Waals surface area contributed by atoms with Crippen LogP contribution < -0.4 is 0 Å². The Bertz CT molecular complexity index is 696. The lowest BCUT2D eigenvalue weighted by Crippen LogP contribution is -2.49. The number of hydrogen-bond donors (Lipinski definition) is 0. The van der Waals surface area contributed by atoms with Gasteiger partial charge in [0, 0.05) is 38.3 Å². The van der Waals surface area contributed by atoms with E-state index in [1.54, 1.807) is 11.2 Å². The fourth-order valence-electron chi connectivity index (χ4n) is 2.94. The lowest BCUT2D eigenvalue weighted by Gasteiger charge is -2.35. The van der Waals surface area contributed by atoms with Gasteiger partial charge >= 0.3 is 6.09 Å². The maximum absolute atomic E-state index is 12.1. The summed E-state index contributed by atoms with van der Waals surface area (Å²) in [5.41, 5.74) is 1.90. The van der Waals surface area contributed by atoms with Gasteiger partial charge in [0.05, 0.1) is 6.26 Å². The molecule has 5 heteroatoms. The van der Waals surface area contributed by atoms with Crippen molar-refractivity contribution in [2.75, 3.05) is 26.2 Å². The average Bonchev–Trinajstić information content (AvgIpc) is 3.09. The summed E-state index contributed by atoms with van der Waals surface area (Å²) in [6.45, 7) is 9.66. The topological polar surface area (TPSA) is 45.9 Å². The highest BCUT2D eigenvalue weighted by molar-refractivity contribution is 5.68. The van der Waals surface area contributed by atoms with Gasteiger partial charge in [0.25, 0.3) is 0 Å². The van der Waals surface area contributed by atoms with Crippen molar-refractivity contribution in [2.45, 2.75) is 32.9 Å². The van der Waals surface area contributed by atoms with Crippen LogP contribution in [0.4, 0.5) is 4.79 Å². The molecular formula is C20H26N2O3. The van der Waals surface area contributed by atoms with Gasteiger partial charge in [-0.25, -0.2) is 4.79 Å². The second kappa shape index (κ2) is 7.31. The lowest BCUT2D eigenvalue weighted by molar-refractivity contribution is 0.0139. The van der Waals surface area contributed by atoms with E-state index in [4.69, 9.17) is 9.15 Å². The zero-order valence-corrected chi connectivity index (χ0v) is 15.2. The van der Waals surface area contributed by atoms with Gasteiger partial charge in [-0.15, -0.1) is 0 Å². The predicted octanol–water partition coefficient (Wildman–Crippen LogP) is 4.00. The number of amides is 1. The highest BCUT2D eigenvalue weighted by Crippen LogP contribution is 2.22. The van der Waals surface area contributed by atoms with Gasteiger partial charge in [-0.3, -0.25) is 4.90 Å². The summed E-state index contributed by atoms with van der Waals surface area (Å²) in [4.78, 5) is 16.3. The summed E-state index contributed by atoms with van der Waals surface area (Å²) in [5, 5.41) is 0. The molecule has 0 aliphatic carbocycles. The first-order valence-electron chi connectivity index (χ1n) is 8.74. The number of carbonyl (C=O) groups is 1. The lowest BCUT2D eigenvalue weighted by atomic mass is 10.1. The van der Waals surface area contributed by atoms with Gasteiger partial charge in [-0.2, -0.15) is 0 Å². The minimum atomic E-state index is -0.444. The molecule has 1 fully saturated rings. The highest BCUT2D eigenvalue weighted by atomic mass is 16.6. The quantitative estimate of drug-likeness (QED) is 0.846. The molecule has 25 heavy (non-hydrogen) atoms. The van der Waals surface area contributed by atoms with E-state index in [0.29, 0.717) is 13.1 Å². The van der Waals surface area contributed by atoms with E-state index < -0.39 is 5.60 Å². The third kappa shape index (κ3) is 4.86. The van der Waals surface area contributed by atoms with Crippen LogP contribution in [0.3, 0.4) is 0 Å². The normalized spacial score (nSPS) is 16.0. The number of piperazine rings is 1. The van der Waals surface area contributed by atoms with Crippen molar-refractivity contribution in [3.8, 4) is 11.3 Å². The highest BCUT2D eigenvalue weighted by Gasteiger charge is 2.25. The number of carbonyl (C=O) groups excluding carboxylic acids is 1. The molecule has 0 atom stereocenters. The smallest absolute Gasteiger partial charge is 0.410 e. The summed E-state index contributed by atoms with van der Waals surface area (Å²) in [6, 6.07) is 12.3. The van der Waals surface area contributed by atoms with Crippen molar-refractivity contribution in [1.29, 1.82) is 0 Å². The van der Waals surface area contributed by atoms with Crippen LogP contribution in [-0.4, -0.2) is 47.7 Å². The minimum Gasteiger partial charge on any atom is -0.464 e. The van der Waals surface area contributed by atoms with Crippen molar-refractivity contribution >= 4 is 6.09 Å². The zero-order chi connectivity index (χ0) is 17.9. The van der Waals surface area contributed by atoms with E-state index in [-0.39, 0.29) is 6.09 Å². The Labute approximate surface area is 149 Å². The van der Waals surface area contributed by atoms with Gasteiger partial charge in [-0.1, -0.05) is 18.2 Å². The fraction of sp³-hybridized carbons (Fsp3) is 0.450. The molecule has 0 spiro atoms. The van der Waals surface area contributed by atoms with Crippen LogP contribution in [0.15, 0.2) is 47.1 Å². The Morgan fingerprint density at radius 2 is 1.88 bits per heavy atom. The summed E-state index contributed by atoms with van der Waals surface area (Å²) in [6.07, 6.45) is 1.48. The van der Waals surface area contributed by atoms with Crippen LogP contribution >= 0.6 is 0 Å². The second-order valence-electron chi connectivity index (χ2n) is 7.42. The first kappa shape index (κ1) is 17.5. The Hall–Kier alpha value is -2.27. The molecular weight excluding hydrogens is 316 g/mol. The number of benzene rings is 1. The molecule has 1 saturated heterocycles. The number of nitrogens with zero attached hydrogens (tertiary/aromatic N) is 2. The molecule has 1 amide bonds. The van der Waals surface area contributed by atoms with Crippen molar-refractivity contribution < 1.29 is 13.9 Å². The van der Waals surface area contributed by atoms with E-state index in [1.807, 2.05) is 32.9 Å². The average molecular weight is 342 g/mol. The van der Waals surface area contributed by atoms with E-state index >= 15 is 0 Å². The van der Waals surface area contributed by atoms with Crippen molar-refractivity contribution in [1.82, 2.24) is 9.80 Å². The number of ether oxygens (including phenoxy) is 1. The zero-order valence-electron chi connectivity index (χ0n) is 15.2. The monoisotopic (exact) mass is 342 g/mol. The molecule has 2 aromatic rings. The SMILES string of the molecule is CC(C)(C)OC(=O)N1CCN(Cc2cccc(-c3ccco3)c2)CC1. The van der Waals surface area contributed by atoms with Crippen LogP contribution in [0.1, 0.15) is 26.3 Å². The van der Waals surface area contributed by atoms with Gasteiger partial charge < -0.3 is 14.1 Å². The Morgan fingerprint density at radius 1 is 1.12 bits per heavy atom. The van der Waals surface area contributed by atoms with Crippen molar-refractivity contribution in [3.63, 3.8) is 0 Å². The molecule has 1 aliphatic heterocycles. The molecule has 0 saturated carbocycles. The van der Waals surface area contributed by atoms with E-state index in [2.05, 4.69) is 29.2 Å². The molecule has 1 aromatic carbocycles. The Balaban J connectivity index is 1.54. The van der Waals surface area contributed by atoms with E-state index in [0.717, 1.165) is 31.0 Å². The number of furan rings is 1. The van der Waals surface area contributed by atoms with Crippen LogP contribution in [0, 0.1) is 0 Å². The summed E-state index contributed by atoms with van der Waals surface area (Å²) in [5.74, 6) is 0.886. The molecule has 1 aromatic heterocycles. The van der Waals surface area contributed by atoms with Gasteiger partial charge in [0.15, 0.2) is 0 Å². The molecule has 134 valence electrons. The Kier molecular flexibility index (Phi) is 5.13. The van der Waals surface area contributed by atoms with Crippen LogP contribution in [-0.2, 0) is 11.3 Å². The molecule has 2 heterocycles. The largest absolute Gasteiger partial charge is 0.464 e. The minimum absolute atomic E-state index is 0.216. The molecule has 0 radical (unpaired) electrons. The standard InChI is InChI=1S/C20H26N2O3/c1-20(2,3)25-19(23)22-11-9-21(10-12-22)15-16-6-4-7-17(14-16)18-8-5-13-24-18/h4-8,13-14H,9-12,15H2,1-3H3. The van der Waals surface area contributed by atoms with Crippen molar-refractivity contribution in [3.05, 3.63) is 48.2 Å². The van der Waals surface area contributed by atoms with Crippen LogP contribution in [0.5, 0.6) is 0 Å². The molecule has 1 aliphatic rings. The maximum atomic E-state index is 12.1. The van der Waals surface area contributed by atoms with E-state index in [1.165, 1.54) is 5.56 Å². The number of rotatable bonds is 3.